The van der Waals surface area contributed by atoms with Crippen LogP contribution >= 0.6 is 11.3 Å². The number of nitrogens with zero attached hydrogens (tertiary/aromatic N) is 1. The maximum absolute atomic E-state index is 10.3. The number of anilines is 1. The summed E-state index contributed by atoms with van der Waals surface area (Å²) in [6, 6.07) is 4.09. The maximum Gasteiger partial charge on any atom is 0.303 e. The predicted octanol–water partition coefficient (Wildman–Crippen LogP) is 2.44. The van der Waals surface area contributed by atoms with Gasteiger partial charge in [-0.15, -0.1) is 11.3 Å². The van der Waals surface area contributed by atoms with Crippen molar-refractivity contribution in [2.75, 3.05) is 18.5 Å². The highest BCUT2D eigenvalue weighted by atomic mass is 32.1. The summed E-state index contributed by atoms with van der Waals surface area (Å²) in [6.45, 7) is 0.924. The van der Waals surface area contributed by atoms with Crippen molar-refractivity contribution < 1.29 is 9.90 Å². The Morgan fingerprint density at radius 1 is 1.57 bits per heavy atom. The second-order valence-electron chi connectivity index (χ2n) is 3.22. The van der Waals surface area contributed by atoms with Gasteiger partial charge in [-0.05, 0) is 30.4 Å². The second-order valence-corrected chi connectivity index (χ2v) is 4.15. The third kappa shape index (κ3) is 3.79. The molecule has 0 saturated carbocycles. The fourth-order valence-electron chi connectivity index (χ4n) is 1.22. The van der Waals surface area contributed by atoms with E-state index in [0.29, 0.717) is 0 Å². The minimum atomic E-state index is -0.705. The third-order valence-electron chi connectivity index (χ3n) is 2.02. The first-order valence-electron chi connectivity index (χ1n) is 4.66. The number of hydrogen-bond donors (Lipinski definition) is 1. The number of aliphatic carboxylic acids is 1. The van der Waals surface area contributed by atoms with Crippen molar-refractivity contribution in [3.63, 3.8) is 0 Å². The molecular weight excluding hydrogens is 198 g/mol. The molecule has 0 aliphatic heterocycles. The highest BCUT2D eigenvalue weighted by Gasteiger charge is 2.01. The lowest BCUT2D eigenvalue weighted by molar-refractivity contribution is -0.137. The summed E-state index contributed by atoms with van der Waals surface area (Å²) < 4.78 is 0. The van der Waals surface area contributed by atoms with Gasteiger partial charge in [0.2, 0.25) is 0 Å². The van der Waals surface area contributed by atoms with E-state index in [2.05, 4.69) is 11.0 Å². The van der Waals surface area contributed by atoms with Gasteiger partial charge in [0, 0.05) is 20.0 Å². The van der Waals surface area contributed by atoms with Crippen molar-refractivity contribution in [3.8, 4) is 0 Å². The first-order chi connectivity index (χ1) is 6.70. The number of carboxylic acid groups (broad SMARTS) is 1. The molecule has 0 unspecified atom stereocenters. The molecule has 1 rings (SSSR count). The van der Waals surface area contributed by atoms with Crippen LogP contribution in [-0.4, -0.2) is 24.7 Å². The van der Waals surface area contributed by atoms with Crippen molar-refractivity contribution >= 4 is 22.3 Å². The van der Waals surface area contributed by atoms with E-state index < -0.39 is 5.97 Å². The number of hydrogen-bond acceptors (Lipinski definition) is 3. The Labute approximate surface area is 88.0 Å². The smallest absolute Gasteiger partial charge is 0.303 e. The Bertz CT molecular complexity index is 272. The quantitative estimate of drug-likeness (QED) is 0.738. The summed E-state index contributed by atoms with van der Waals surface area (Å²) in [5.41, 5.74) is 0. The van der Waals surface area contributed by atoms with E-state index in [9.17, 15) is 4.79 Å². The molecule has 0 aromatic carbocycles. The fourth-order valence-corrected chi connectivity index (χ4v) is 1.95. The number of unbranched alkanes of at least 4 members (excludes halogenated alkanes) is 1. The molecule has 3 nitrogen and oxygen atoms in total. The Kier molecular flexibility index (Phi) is 4.46. The monoisotopic (exact) mass is 213 g/mol. The molecule has 0 fully saturated rings. The number of thiophene rings is 1. The Morgan fingerprint density at radius 3 is 2.93 bits per heavy atom. The maximum atomic E-state index is 10.3. The Morgan fingerprint density at radius 2 is 2.36 bits per heavy atom. The normalized spacial score (nSPS) is 10.1. The van der Waals surface area contributed by atoms with Crippen LogP contribution in [0.1, 0.15) is 19.3 Å². The molecule has 14 heavy (non-hydrogen) atoms. The zero-order valence-corrected chi connectivity index (χ0v) is 9.09. The molecule has 0 radical (unpaired) electrons. The van der Waals surface area contributed by atoms with Crippen LogP contribution in [0, 0.1) is 0 Å². The van der Waals surface area contributed by atoms with E-state index >= 15 is 0 Å². The van der Waals surface area contributed by atoms with Crippen molar-refractivity contribution in [3.05, 3.63) is 17.5 Å². The van der Waals surface area contributed by atoms with Crippen molar-refractivity contribution in [2.45, 2.75) is 19.3 Å². The summed E-state index contributed by atoms with van der Waals surface area (Å²) in [6.07, 6.45) is 1.96. The van der Waals surface area contributed by atoms with Crippen LogP contribution in [0.25, 0.3) is 0 Å². The molecule has 0 spiro atoms. The van der Waals surface area contributed by atoms with E-state index in [1.165, 1.54) is 5.00 Å². The first-order valence-corrected chi connectivity index (χ1v) is 5.54. The summed E-state index contributed by atoms with van der Waals surface area (Å²) in [5, 5.41) is 11.7. The molecule has 0 atom stereocenters. The predicted molar refractivity (Wildman–Crippen MR) is 59.1 cm³/mol. The van der Waals surface area contributed by atoms with Gasteiger partial charge in [-0.1, -0.05) is 0 Å². The molecule has 1 aromatic rings. The minimum Gasteiger partial charge on any atom is -0.481 e. The largest absolute Gasteiger partial charge is 0.481 e. The van der Waals surface area contributed by atoms with Gasteiger partial charge in [-0.25, -0.2) is 0 Å². The zero-order chi connectivity index (χ0) is 10.4. The van der Waals surface area contributed by atoms with E-state index in [4.69, 9.17) is 5.11 Å². The molecule has 0 aliphatic carbocycles. The van der Waals surface area contributed by atoms with E-state index in [0.717, 1.165) is 19.4 Å². The van der Waals surface area contributed by atoms with Crippen LogP contribution in [0.15, 0.2) is 17.5 Å². The van der Waals surface area contributed by atoms with Crippen molar-refractivity contribution in [1.29, 1.82) is 0 Å². The average Bonchev–Trinajstić information content (AvgIpc) is 2.64. The third-order valence-corrected chi connectivity index (χ3v) is 3.00. The summed E-state index contributed by atoms with van der Waals surface area (Å²) >= 11 is 1.70. The summed E-state index contributed by atoms with van der Waals surface area (Å²) in [7, 11) is 2.03. The van der Waals surface area contributed by atoms with Gasteiger partial charge in [0.15, 0.2) is 0 Å². The minimum absolute atomic E-state index is 0.276. The van der Waals surface area contributed by atoms with Gasteiger partial charge in [0.1, 0.15) is 0 Å². The number of carbonyl (C=O) groups is 1. The van der Waals surface area contributed by atoms with Crippen LogP contribution in [0.4, 0.5) is 5.00 Å². The Hall–Kier alpha value is -1.03. The lowest BCUT2D eigenvalue weighted by Gasteiger charge is -2.16. The highest BCUT2D eigenvalue weighted by molar-refractivity contribution is 7.14. The van der Waals surface area contributed by atoms with Gasteiger partial charge >= 0.3 is 5.97 Å². The molecular formula is C10H15NO2S. The fraction of sp³-hybridized carbons (Fsp3) is 0.500. The van der Waals surface area contributed by atoms with Gasteiger partial charge < -0.3 is 10.0 Å². The molecule has 1 heterocycles. The molecule has 1 N–H and O–H groups in total. The number of rotatable bonds is 6. The summed E-state index contributed by atoms with van der Waals surface area (Å²) in [4.78, 5) is 12.4. The molecule has 0 bridgehead atoms. The van der Waals surface area contributed by atoms with E-state index in [-0.39, 0.29) is 6.42 Å². The molecule has 4 heteroatoms. The van der Waals surface area contributed by atoms with Crippen LogP contribution in [0.2, 0.25) is 0 Å². The van der Waals surface area contributed by atoms with Gasteiger partial charge in [0.05, 0.1) is 5.00 Å². The van der Waals surface area contributed by atoms with Crippen LogP contribution in [0.5, 0.6) is 0 Å². The van der Waals surface area contributed by atoms with Crippen LogP contribution in [0.3, 0.4) is 0 Å². The molecule has 1 aromatic heterocycles. The molecule has 0 aliphatic rings. The summed E-state index contributed by atoms with van der Waals surface area (Å²) in [5.74, 6) is -0.705. The lowest BCUT2D eigenvalue weighted by Crippen LogP contribution is -2.17. The van der Waals surface area contributed by atoms with Crippen molar-refractivity contribution in [2.24, 2.45) is 0 Å². The molecule has 0 amide bonds. The topological polar surface area (TPSA) is 40.5 Å². The lowest BCUT2D eigenvalue weighted by atomic mass is 10.2. The average molecular weight is 213 g/mol. The zero-order valence-electron chi connectivity index (χ0n) is 8.27. The standard InChI is InChI=1S/C10H15NO2S/c1-11(9-5-4-8-14-9)7-3-2-6-10(12)13/h4-5,8H,2-3,6-7H2,1H3,(H,12,13). The number of carboxylic acids is 1. The SMILES string of the molecule is CN(CCCCC(=O)O)c1cccs1. The molecule has 78 valence electrons. The highest BCUT2D eigenvalue weighted by Crippen LogP contribution is 2.19. The second kappa shape index (κ2) is 5.65. The molecule has 0 saturated heterocycles. The first kappa shape index (κ1) is 11.0. The van der Waals surface area contributed by atoms with E-state index in [1.54, 1.807) is 11.3 Å². The van der Waals surface area contributed by atoms with Gasteiger partial charge in [-0.2, -0.15) is 0 Å². The van der Waals surface area contributed by atoms with Gasteiger partial charge in [0.25, 0.3) is 0 Å². The Balaban J connectivity index is 2.16. The van der Waals surface area contributed by atoms with Gasteiger partial charge in [-0.3, -0.25) is 4.79 Å². The van der Waals surface area contributed by atoms with Crippen LogP contribution in [-0.2, 0) is 4.79 Å². The van der Waals surface area contributed by atoms with E-state index in [1.807, 2.05) is 18.5 Å². The van der Waals surface area contributed by atoms with Crippen molar-refractivity contribution in [1.82, 2.24) is 0 Å². The van der Waals surface area contributed by atoms with Crippen LogP contribution < -0.4 is 4.90 Å².